The van der Waals surface area contributed by atoms with Crippen molar-refractivity contribution in [2.75, 3.05) is 13.2 Å². The van der Waals surface area contributed by atoms with Gasteiger partial charge in [0, 0.05) is 17.1 Å². The first-order chi connectivity index (χ1) is 14.9. The van der Waals surface area contributed by atoms with Gasteiger partial charge in [0.15, 0.2) is 6.61 Å². The van der Waals surface area contributed by atoms with Gasteiger partial charge in [-0.1, -0.05) is 70.7 Å². The number of nitrogens with zero attached hydrogens (tertiary/aromatic N) is 1. The Labute approximate surface area is 197 Å². The summed E-state index contributed by atoms with van der Waals surface area (Å²) >= 11 is 9.55. The lowest BCUT2D eigenvalue weighted by molar-refractivity contribution is -0.141. The zero-order valence-electron chi connectivity index (χ0n) is 17.7. The number of benzene rings is 2. The van der Waals surface area contributed by atoms with Crippen LogP contribution in [0.1, 0.15) is 38.2 Å². The molecule has 0 unspecified atom stereocenters. The molecule has 0 aromatic heterocycles. The Kier molecular flexibility index (Phi) is 8.79. The molecular weight excluding hydrogens is 480 g/mol. The van der Waals surface area contributed by atoms with Crippen molar-refractivity contribution >= 4 is 39.3 Å². The fourth-order valence-corrected chi connectivity index (χ4v) is 4.50. The van der Waals surface area contributed by atoms with E-state index in [0.717, 1.165) is 35.7 Å². The van der Waals surface area contributed by atoms with Crippen LogP contribution in [0.5, 0.6) is 5.75 Å². The molecule has 0 aliphatic heterocycles. The zero-order chi connectivity index (χ0) is 22.2. The monoisotopic (exact) mass is 506 g/mol. The number of rotatable bonds is 9. The predicted molar refractivity (Wildman–Crippen MR) is 126 cm³/mol. The van der Waals surface area contributed by atoms with Gasteiger partial charge < -0.3 is 15.0 Å². The summed E-state index contributed by atoms with van der Waals surface area (Å²) in [7, 11) is 0. The molecule has 0 saturated heterocycles. The van der Waals surface area contributed by atoms with Gasteiger partial charge in [0.25, 0.3) is 5.91 Å². The zero-order valence-corrected chi connectivity index (χ0v) is 20.0. The van der Waals surface area contributed by atoms with E-state index >= 15 is 0 Å². The lowest BCUT2D eigenvalue weighted by Gasteiger charge is -2.29. The van der Waals surface area contributed by atoms with Gasteiger partial charge in [-0.3, -0.25) is 9.59 Å². The molecule has 1 fully saturated rings. The van der Waals surface area contributed by atoms with Crippen LogP contribution in [0.15, 0.2) is 53.0 Å². The molecule has 0 spiro atoms. The first-order valence-electron chi connectivity index (χ1n) is 10.7. The molecule has 166 valence electrons. The van der Waals surface area contributed by atoms with Crippen LogP contribution in [0.25, 0.3) is 0 Å². The van der Waals surface area contributed by atoms with Crippen LogP contribution in [0.2, 0.25) is 5.02 Å². The Morgan fingerprint density at radius 1 is 1.19 bits per heavy atom. The predicted octanol–water partition coefficient (Wildman–Crippen LogP) is 5.00. The summed E-state index contributed by atoms with van der Waals surface area (Å²) < 4.78 is 6.51. The van der Waals surface area contributed by atoms with Crippen molar-refractivity contribution in [3.05, 3.63) is 63.6 Å². The normalized spacial score (nSPS) is 14.8. The molecule has 7 heteroatoms. The Bertz CT molecular complexity index is 888. The van der Waals surface area contributed by atoms with Crippen molar-refractivity contribution in [1.82, 2.24) is 10.2 Å². The maximum absolute atomic E-state index is 13.1. The van der Waals surface area contributed by atoms with Crippen LogP contribution in [-0.2, 0) is 16.0 Å². The van der Waals surface area contributed by atoms with Gasteiger partial charge in [0.05, 0.1) is 5.02 Å². The second kappa shape index (κ2) is 11.5. The number of carbonyl (C=O) groups is 2. The summed E-state index contributed by atoms with van der Waals surface area (Å²) in [6, 6.07) is 14.8. The van der Waals surface area contributed by atoms with Gasteiger partial charge in [0.2, 0.25) is 5.91 Å². The van der Waals surface area contributed by atoms with Gasteiger partial charge in [-0.05, 0) is 49.9 Å². The van der Waals surface area contributed by atoms with Crippen molar-refractivity contribution in [1.29, 1.82) is 0 Å². The molecule has 0 radical (unpaired) electrons. The third kappa shape index (κ3) is 6.97. The van der Waals surface area contributed by atoms with E-state index in [0.29, 0.717) is 23.7 Å². The maximum atomic E-state index is 13.1. The highest BCUT2D eigenvalue weighted by molar-refractivity contribution is 9.10. The number of carbonyl (C=O) groups excluding carboxylic acids is 2. The van der Waals surface area contributed by atoms with Crippen LogP contribution in [0, 0.1) is 0 Å². The molecule has 1 aliphatic carbocycles. The topological polar surface area (TPSA) is 58.6 Å². The van der Waals surface area contributed by atoms with Gasteiger partial charge in [-0.2, -0.15) is 0 Å². The number of ether oxygens (including phenoxy) is 1. The molecule has 3 rings (SSSR count). The lowest BCUT2D eigenvalue weighted by Crippen LogP contribution is -2.51. The molecule has 2 amide bonds. The highest BCUT2D eigenvalue weighted by Crippen LogP contribution is 2.27. The summed E-state index contributed by atoms with van der Waals surface area (Å²) in [5.74, 6) is 0.0725. The summed E-state index contributed by atoms with van der Waals surface area (Å²) in [5.41, 5.74) is 1.11. The minimum absolute atomic E-state index is 0.116. The van der Waals surface area contributed by atoms with E-state index in [1.807, 2.05) is 30.3 Å². The number of halogens is 2. The van der Waals surface area contributed by atoms with E-state index in [1.54, 1.807) is 30.0 Å². The second-order valence-electron chi connectivity index (χ2n) is 7.85. The Balaban J connectivity index is 1.66. The molecule has 0 bridgehead atoms. The molecular formula is C24H28BrClN2O3. The first kappa shape index (κ1) is 23.6. The quantitative estimate of drug-likeness (QED) is 0.520. The number of amides is 2. The molecule has 1 N–H and O–H groups in total. The van der Waals surface area contributed by atoms with E-state index in [4.69, 9.17) is 16.3 Å². The molecule has 0 heterocycles. The SMILES string of the molecule is C[C@H](C(=O)NC1CCCC1)N(CCc1ccccc1)C(=O)COc1ccc(Br)cc1Cl. The molecule has 1 aliphatic rings. The van der Waals surface area contributed by atoms with Crippen molar-refractivity contribution in [2.24, 2.45) is 0 Å². The lowest BCUT2D eigenvalue weighted by atomic mass is 10.1. The number of nitrogens with one attached hydrogen (secondary N) is 1. The van der Waals surface area contributed by atoms with E-state index in [9.17, 15) is 9.59 Å². The van der Waals surface area contributed by atoms with Gasteiger partial charge in [-0.15, -0.1) is 0 Å². The van der Waals surface area contributed by atoms with Crippen molar-refractivity contribution in [3.8, 4) is 5.75 Å². The Morgan fingerprint density at radius 3 is 2.58 bits per heavy atom. The van der Waals surface area contributed by atoms with Crippen LogP contribution >= 0.6 is 27.5 Å². The molecule has 1 saturated carbocycles. The third-order valence-electron chi connectivity index (χ3n) is 5.60. The van der Waals surface area contributed by atoms with Crippen LogP contribution < -0.4 is 10.1 Å². The van der Waals surface area contributed by atoms with E-state index in [1.165, 1.54) is 0 Å². The fourth-order valence-electron chi connectivity index (χ4n) is 3.78. The standard InChI is InChI=1S/C24H28BrClN2O3/c1-17(24(30)27-20-9-5-6-10-20)28(14-13-18-7-3-2-4-8-18)23(29)16-31-22-12-11-19(25)15-21(22)26/h2-4,7-8,11-12,15,17,20H,5-6,9-10,13-14,16H2,1H3,(H,27,30)/t17-/m1/s1. The summed E-state index contributed by atoms with van der Waals surface area (Å²) in [6.45, 7) is 2.02. The highest BCUT2D eigenvalue weighted by atomic mass is 79.9. The van der Waals surface area contributed by atoms with E-state index in [-0.39, 0.29) is 24.5 Å². The molecule has 1 atom stereocenters. The van der Waals surface area contributed by atoms with Crippen LogP contribution in [-0.4, -0.2) is 41.9 Å². The minimum atomic E-state index is -0.583. The number of hydrogen-bond acceptors (Lipinski definition) is 3. The smallest absolute Gasteiger partial charge is 0.261 e. The van der Waals surface area contributed by atoms with Crippen molar-refractivity contribution in [3.63, 3.8) is 0 Å². The van der Waals surface area contributed by atoms with Crippen LogP contribution in [0.4, 0.5) is 0 Å². The summed E-state index contributed by atoms with van der Waals surface area (Å²) in [6.07, 6.45) is 4.94. The molecule has 5 nitrogen and oxygen atoms in total. The van der Waals surface area contributed by atoms with Crippen LogP contribution in [0.3, 0.4) is 0 Å². The third-order valence-corrected chi connectivity index (χ3v) is 6.39. The van der Waals surface area contributed by atoms with Gasteiger partial charge >= 0.3 is 0 Å². The minimum Gasteiger partial charge on any atom is -0.482 e. The Morgan fingerprint density at radius 2 is 1.90 bits per heavy atom. The second-order valence-corrected chi connectivity index (χ2v) is 9.17. The van der Waals surface area contributed by atoms with Gasteiger partial charge in [0.1, 0.15) is 11.8 Å². The van der Waals surface area contributed by atoms with Crippen molar-refractivity contribution < 1.29 is 14.3 Å². The molecule has 2 aromatic rings. The number of hydrogen-bond donors (Lipinski definition) is 1. The summed E-state index contributed by atoms with van der Waals surface area (Å²) in [4.78, 5) is 27.5. The van der Waals surface area contributed by atoms with E-state index in [2.05, 4.69) is 21.2 Å². The molecule has 2 aromatic carbocycles. The average molecular weight is 508 g/mol. The maximum Gasteiger partial charge on any atom is 0.261 e. The first-order valence-corrected chi connectivity index (χ1v) is 11.8. The van der Waals surface area contributed by atoms with E-state index < -0.39 is 6.04 Å². The highest BCUT2D eigenvalue weighted by Gasteiger charge is 2.28. The van der Waals surface area contributed by atoms with Crippen molar-refractivity contribution in [2.45, 2.75) is 51.1 Å². The Hall–Kier alpha value is -2.05. The fraction of sp³-hybridized carbons (Fsp3) is 0.417. The molecule has 31 heavy (non-hydrogen) atoms. The average Bonchev–Trinajstić information content (AvgIpc) is 3.27. The summed E-state index contributed by atoms with van der Waals surface area (Å²) in [5, 5.41) is 3.52. The largest absolute Gasteiger partial charge is 0.482 e. The van der Waals surface area contributed by atoms with Gasteiger partial charge in [-0.25, -0.2) is 0 Å².